The number of nitrogens with zero attached hydrogens (tertiary/aromatic N) is 4. The van der Waals surface area contributed by atoms with E-state index in [9.17, 15) is 4.79 Å². The molecule has 1 aliphatic carbocycles. The predicted octanol–water partition coefficient (Wildman–Crippen LogP) is 3.13. The number of benzene rings is 1. The first kappa shape index (κ1) is 18.3. The number of rotatable bonds is 4. The van der Waals surface area contributed by atoms with Gasteiger partial charge in [0.15, 0.2) is 0 Å². The number of likely N-dealkylation sites (tertiary alicyclic amines) is 1. The van der Waals surface area contributed by atoms with E-state index in [1.54, 1.807) is 0 Å². The van der Waals surface area contributed by atoms with Crippen LogP contribution in [0.3, 0.4) is 0 Å². The molecule has 0 saturated carbocycles. The lowest BCUT2D eigenvalue weighted by Crippen LogP contribution is -2.42. The summed E-state index contributed by atoms with van der Waals surface area (Å²) in [5, 5.41) is 0. The lowest BCUT2D eigenvalue weighted by atomic mass is 9.76. The third-order valence-electron chi connectivity index (χ3n) is 6.74. The molecule has 3 aromatic rings. The van der Waals surface area contributed by atoms with E-state index in [2.05, 4.69) is 32.6 Å². The quantitative estimate of drug-likeness (QED) is 0.744. The lowest BCUT2D eigenvalue weighted by Gasteiger charge is -2.39. The second kappa shape index (κ2) is 7.26. The van der Waals surface area contributed by atoms with Gasteiger partial charge in [-0.1, -0.05) is 30.3 Å². The van der Waals surface area contributed by atoms with Gasteiger partial charge in [0.25, 0.3) is 5.56 Å². The Kier molecular flexibility index (Phi) is 4.59. The standard InChI is InChI=1S/C23H27N5O/c1-2-28-15-12-24-19(28)16-27-13-10-23(11-14-27)9-8-18-20(23)25-21(26-22(18)29)17-6-4-3-5-7-17/h3-7,12,15H,2,8-11,13-14,16H2,1H3,(H,25,26,29). The van der Waals surface area contributed by atoms with Gasteiger partial charge >= 0.3 is 0 Å². The summed E-state index contributed by atoms with van der Waals surface area (Å²) in [6.07, 6.45) is 7.92. The van der Waals surface area contributed by atoms with Gasteiger partial charge in [-0.2, -0.15) is 0 Å². The highest BCUT2D eigenvalue weighted by molar-refractivity contribution is 5.55. The summed E-state index contributed by atoms with van der Waals surface area (Å²) in [7, 11) is 0. The smallest absolute Gasteiger partial charge is 0.254 e. The van der Waals surface area contributed by atoms with Gasteiger partial charge in [-0.3, -0.25) is 9.69 Å². The monoisotopic (exact) mass is 389 g/mol. The van der Waals surface area contributed by atoms with Crippen molar-refractivity contribution < 1.29 is 0 Å². The number of aryl methyl sites for hydroxylation is 1. The Morgan fingerprint density at radius 1 is 1.14 bits per heavy atom. The molecule has 5 rings (SSSR count). The zero-order valence-electron chi connectivity index (χ0n) is 16.9. The normalized spacial score (nSPS) is 18.2. The number of aromatic amines is 1. The van der Waals surface area contributed by atoms with Crippen LogP contribution in [-0.4, -0.2) is 37.5 Å². The first-order valence-electron chi connectivity index (χ1n) is 10.6. The van der Waals surface area contributed by atoms with Crippen LogP contribution in [0.15, 0.2) is 47.5 Å². The number of imidazole rings is 1. The maximum Gasteiger partial charge on any atom is 0.254 e. The van der Waals surface area contributed by atoms with Crippen molar-refractivity contribution in [3.63, 3.8) is 0 Å². The maximum absolute atomic E-state index is 12.8. The van der Waals surface area contributed by atoms with Crippen molar-refractivity contribution in [3.05, 3.63) is 70.2 Å². The van der Waals surface area contributed by atoms with E-state index in [1.165, 1.54) is 0 Å². The largest absolute Gasteiger partial charge is 0.334 e. The van der Waals surface area contributed by atoms with Crippen molar-refractivity contribution in [3.8, 4) is 11.4 Å². The molecule has 150 valence electrons. The zero-order chi connectivity index (χ0) is 19.8. The Morgan fingerprint density at radius 3 is 2.69 bits per heavy atom. The molecule has 3 heterocycles. The highest BCUT2D eigenvalue weighted by Crippen LogP contribution is 2.44. The highest BCUT2D eigenvalue weighted by Gasteiger charge is 2.44. The van der Waals surface area contributed by atoms with E-state index in [-0.39, 0.29) is 11.0 Å². The number of H-pyrrole nitrogens is 1. The minimum Gasteiger partial charge on any atom is -0.334 e. The summed E-state index contributed by atoms with van der Waals surface area (Å²) < 4.78 is 2.21. The molecule has 6 heteroatoms. The Morgan fingerprint density at radius 2 is 1.93 bits per heavy atom. The molecule has 1 aliphatic heterocycles. The number of nitrogens with one attached hydrogen (secondary N) is 1. The molecule has 0 unspecified atom stereocenters. The van der Waals surface area contributed by atoms with Crippen LogP contribution in [-0.2, 0) is 24.9 Å². The van der Waals surface area contributed by atoms with Crippen LogP contribution in [0.1, 0.15) is 43.3 Å². The molecule has 2 aliphatic rings. The van der Waals surface area contributed by atoms with Crippen molar-refractivity contribution in [1.29, 1.82) is 0 Å². The average Bonchev–Trinajstić information content (AvgIpc) is 3.35. The van der Waals surface area contributed by atoms with E-state index >= 15 is 0 Å². The van der Waals surface area contributed by atoms with Crippen LogP contribution in [0.25, 0.3) is 11.4 Å². The molecule has 0 radical (unpaired) electrons. The van der Waals surface area contributed by atoms with Crippen molar-refractivity contribution in [2.24, 2.45) is 0 Å². The Labute approximate surface area is 170 Å². The van der Waals surface area contributed by atoms with Crippen molar-refractivity contribution in [2.75, 3.05) is 13.1 Å². The van der Waals surface area contributed by atoms with Gasteiger partial charge < -0.3 is 9.55 Å². The average molecular weight is 390 g/mol. The second-order valence-corrected chi connectivity index (χ2v) is 8.29. The van der Waals surface area contributed by atoms with Gasteiger partial charge in [0.1, 0.15) is 11.6 Å². The SMILES string of the molecule is CCn1ccnc1CN1CCC2(CCc3c2nc(-c2ccccc2)[nH]c3=O)CC1. The molecule has 0 bridgehead atoms. The van der Waals surface area contributed by atoms with E-state index in [4.69, 9.17) is 4.98 Å². The number of piperidine rings is 1. The minimum atomic E-state index is 0.0399. The number of fused-ring (bicyclic) bond motifs is 2. The van der Waals surface area contributed by atoms with Crippen LogP contribution < -0.4 is 5.56 Å². The van der Waals surface area contributed by atoms with Crippen molar-refractivity contribution in [1.82, 2.24) is 24.4 Å². The summed E-state index contributed by atoms with van der Waals surface area (Å²) in [6.45, 7) is 6.03. The van der Waals surface area contributed by atoms with Gasteiger partial charge in [0.05, 0.1) is 12.2 Å². The van der Waals surface area contributed by atoms with Gasteiger partial charge in [0.2, 0.25) is 0 Å². The fraction of sp³-hybridized carbons (Fsp3) is 0.435. The van der Waals surface area contributed by atoms with Gasteiger partial charge in [-0.25, -0.2) is 9.97 Å². The van der Waals surface area contributed by atoms with Crippen LogP contribution in [0, 0.1) is 0 Å². The first-order valence-corrected chi connectivity index (χ1v) is 10.6. The van der Waals surface area contributed by atoms with Crippen LogP contribution >= 0.6 is 0 Å². The molecule has 1 saturated heterocycles. The van der Waals surface area contributed by atoms with E-state index < -0.39 is 0 Å². The molecular weight excluding hydrogens is 362 g/mol. The van der Waals surface area contributed by atoms with Gasteiger partial charge in [0, 0.05) is 35.5 Å². The van der Waals surface area contributed by atoms with Gasteiger partial charge in [-0.05, 0) is 45.7 Å². The highest BCUT2D eigenvalue weighted by atomic mass is 16.1. The third-order valence-corrected chi connectivity index (χ3v) is 6.74. The minimum absolute atomic E-state index is 0.0399. The molecular formula is C23H27N5O. The Hall–Kier alpha value is -2.73. The summed E-state index contributed by atoms with van der Waals surface area (Å²) in [4.78, 5) is 27.8. The van der Waals surface area contributed by atoms with Crippen molar-refractivity contribution >= 4 is 0 Å². The summed E-state index contributed by atoms with van der Waals surface area (Å²) in [5.74, 6) is 1.83. The molecule has 0 amide bonds. The molecule has 1 fully saturated rings. The summed E-state index contributed by atoms with van der Waals surface area (Å²) in [5.41, 5.74) is 3.01. The summed E-state index contributed by atoms with van der Waals surface area (Å²) >= 11 is 0. The first-order chi connectivity index (χ1) is 14.2. The molecule has 2 aromatic heterocycles. The van der Waals surface area contributed by atoms with Crippen LogP contribution in [0.2, 0.25) is 0 Å². The zero-order valence-corrected chi connectivity index (χ0v) is 16.9. The van der Waals surface area contributed by atoms with Crippen LogP contribution in [0.5, 0.6) is 0 Å². The molecule has 1 N–H and O–H groups in total. The number of hydrogen-bond donors (Lipinski definition) is 1. The topological polar surface area (TPSA) is 66.8 Å². The number of aromatic nitrogens is 4. The molecule has 0 atom stereocenters. The Bertz CT molecular complexity index is 1060. The van der Waals surface area contributed by atoms with Crippen LogP contribution in [0.4, 0.5) is 0 Å². The molecule has 6 nitrogen and oxygen atoms in total. The van der Waals surface area contributed by atoms with Gasteiger partial charge in [-0.15, -0.1) is 0 Å². The van der Waals surface area contributed by atoms with Crippen molar-refractivity contribution in [2.45, 2.75) is 51.1 Å². The summed E-state index contributed by atoms with van der Waals surface area (Å²) in [6, 6.07) is 9.96. The fourth-order valence-electron chi connectivity index (χ4n) is 4.99. The second-order valence-electron chi connectivity index (χ2n) is 8.29. The Balaban J connectivity index is 1.39. The van der Waals surface area contributed by atoms with E-state index in [1.807, 2.05) is 36.5 Å². The third kappa shape index (κ3) is 3.21. The van der Waals surface area contributed by atoms with E-state index in [0.29, 0.717) is 5.82 Å². The molecule has 1 aromatic carbocycles. The number of hydrogen-bond acceptors (Lipinski definition) is 4. The maximum atomic E-state index is 12.8. The lowest BCUT2D eigenvalue weighted by molar-refractivity contribution is 0.146. The molecule has 29 heavy (non-hydrogen) atoms. The molecule has 1 spiro atoms. The van der Waals surface area contributed by atoms with E-state index in [0.717, 1.165) is 74.5 Å². The predicted molar refractivity (Wildman–Crippen MR) is 113 cm³/mol. The fourth-order valence-corrected chi connectivity index (χ4v) is 4.99.